The second-order valence-corrected chi connectivity index (χ2v) is 8.58. The van der Waals surface area contributed by atoms with E-state index in [0.29, 0.717) is 10.0 Å². The molecule has 29 heavy (non-hydrogen) atoms. The third-order valence-corrected chi connectivity index (χ3v) is 6.69. The zero-order chi connectivity index (χ0) is 20.0. The number of nitrogens with one attached hydrogen (secondary N) is 2. The van der Waals surface area contributed by atoms with Gasteiger partial charge in [0.1, 0.15) is 5.41 Å². The molecule has 2 aliphatic heterocycles. The molecule has 3 aromatic rings. The van der Waals surface area contributed by atoms with Crippen LogP contribution in [0.25, 0.3) is 0 Å². The van der Waals surface area contributed by atoms with Crippen molar-refractivity contribution in [2.75, 3.05) is 11.9 Å². The van der Waals surface area contributed by atoms with E-state index in [1.54, 1.807) is 0 Å². The Bertz CT molecular complexity index is 1090. The Kier molecular flexibility index (Phi) is 4.62. The number of hydrogen-bond acceptors (Lipinski definition) is 2. The number of piperidine rings is 1. The number of rotatable bonds is 2. The van der Waals surface area contributed by atoms with E-state index in [1.165, 1.54) is 5.56 Å². The maximum absolute atomic E-state index is 13.7. The van der Waals surface area contributed by atoms with Crippen LogP contribution >= 0.6 is 23.2 Å². The van der Waals surface area contributed by atoms with Crippen molar-refractivity contribution in [1.29, 1.82) is 0 Å². The molecule has 1 spiro atoms. The average molecular weight is 423 g/mol. The van der Waals surface area contributed by atoms with E-state index in [2.05, 4.69) is 22.8 Å². The summed E-state index contributed by atoms with van der Waals surface area (Å²) in [6, 6.07) is 23.6. The second kappa shape index (κ2) is 7.17. The number of amides is 1. The third kappa shape index (κ3) is 2.88. The third-order valence-electron chi connectivity index (χ3n) is 6.22. The number of carbonyl (C=O) groups is 1. The van der Waals surface area contributed by atoms with Crippen LogP contribution in [-0.4, -0.2) is 12.5 Å². The Morgan fingerprint density at radius 1 is 0.862 bits per heavy atom. The summed E-state index contributed by atoms with van der Waals surface area (Å²) in [6.45, 7) is 0.814. The first-order valence-corrected chi connectivity index (χ1v) is 10.5. The molecule has 0 radical (unpaired) electrons. The van der Waals surface area contributed by atoms with Gasteiger partial charge in [-0.1, -0.05) is 71.7 Å². The highest BCUT2D eigenvalue weighted by atomic mass is 35.5. The molecule has 2 aliphatic rings. The Morgan fingerprint density at radius 2 is 1.62 bits per heavy atom. The summed E-state index contributed by atoms with van der Waals surface area (Å²) < 4.78 is 0. The lowest BCUT2D eigenvalue weighted by Gasteiger charge is -2.47. The van der Waals surface area contributed by atoms with Crippen molar-refractivity contribution in [3.63, 3.8) is 0 Å². The molecule has 0 unspecified atom stereocenters. The monoisotopic (exact) mass is 422 g/mol. The number of benzene rings is 3. The number of halogens is 2. The predicted octanol–water partition coefficient (Wildman–Crippen LogP) is 5.70. The number of anilines is 1. The van der Waals surface area contributed by atoms with E-state index in [-0.39, 0.29) is 17.9 Å². The Morgan fingerprint density at radius 3 is 2.41 bits per heavy atom. The van der Waals surface area contributed by atoms with E-state index in [9.17, 15) is 4.79 Å². The van der Waals surface area contributed by atoms with Gasteiger partial charge in [-0.2, -0.15) is 0 Å². The Hall–Kier alpha value is -2.33. The van der Waals surface area contributed by atoms with Gasteiger partial charge in [-0.15, -0.1) is 0 Å². The van der Waals surface area contributed by atoms with Crippen molar-refractivity contribution in [2.45, 2.75) is 23.8 Å². The molecule has 2 heterocycles. The Balaban J connectivity index is 1.78. The van der Waals surface area contributed by atoms with Gasteiger partial charge in [0.2, 0.25) is 5.91 Å². The molecule has 5 heteroatoms. The van der Waals surface area contributed by atoms with Gasteiger partial charge in [0, 0.05) is 21.7 Å². The van der Waals surface area contributed by atoms with Crippen LogP contribution < -0.4 is 10.6 Å². The fraction of sp³-hybridized carbons (Fsp3) is 0.208. The first-order chi connectivity index (χ1) is 14.1. The summed E-state index contributed by atoms with van der Waals surface area (Å²) in [5, 5.41) is 8.02. The predicted molar refractivity (Wildman–Crippen MR) is 118 cm³/mol. The minimum absolute atomic E-state index is 0.000736. The fourth-order valence-corrected chi connectivity index (χ4v) is 5.48. The Labute approximate surface area is 180 Å². The average Bonchev–Trinajstić information content (AvgIpc) is 3.00. The molecule has 0 aliphatic carbocycles. The normalized spacial score (nSPS) is 25.7. The zero-order valence-electron chi connectivity index (χ0n) is 15.7. The van der Waals surface area contributed by atoms with Crippen molar-refractivity contribution in [1.82, 2.24) is 5.32 Å². The molecule has 2 N–H and O–H groups in total. The number of carbonyl (C=O) groups excluding carboxylic acids is 1. The highest BCUT2D eigenvalue weighted by molar-refractivity contribution is 6.31. The topological polar surface area (TPSA) is 41.1 Å². The molecule has 1 saturated heterocycles. The first kappa shape index (κ1) is 18.7. The van der Waals surface area contributed by atoms with Gasteiger partial charge in [0.05, 0.1) is 6.04 Å². The minimum atomic E-state index is -0.787. The smallest absolute Gasteiger partial charge is 0.237 e. The van der Waals surface area contributed by atoms with Gasteiger partial charge in [-0.25, -0.2) is 0 Å². The quantitative estimate of drug-likeness (QED) is 0.555. The second-order valence-electron chi connectivity index (χ2n) is 7.71. The van der Waals surface area contributed by atoms with Gasteiger partial charge < -0.3 is 10.6 Å². The highest BCUT2D eigenvalue weighted by Crippen LogP contribution is 2.57. The van der Waals surface area contributed by atoms with E-state index < -0.39 is 5.41 Å². The molecule has 146 valence electrons. The van der Waals surface area contributed by atoms with E-state index in [1.807, 2.05) is 60.7 Å². The fourth-order valence-electron chi connectivity index (χ4n) is 5.10. The molecule has 3 nitrogen and oxygen atoms in total. The SMILES string of the molecule is O=C1Nc2cc(Cl)ccc2[C@]12[C@@H](c1ccccc1)CCN[C@H]2c1cccc(Cl)c1. The number of hydrogen-bond donors (Lipinski definition) is 2. The van der Waals surface area contributed by atoms with Crippen LogP contribution in [-0.2, 0) is 10.2 Å². The van der Waals surface area contributed by atoms with Crippen LogP contribution in [0.4, 0.5) is 5.69 Å². The van der Waals surface area contributed by atoms with Crippen LogP contribution in [0.2, 0.25) is 10.0 Å². The molecule has 1 fully saturated rings. The molecular formula is C24H20Cl2N2O. The number of fused-ring (bicyclic) bond motifs is 2. The maximum atomic E-state index is 13.7. The largest absolute Gasteiger partial charge is 0.325 e. The summed E-state index contributed by atoms with van der Waals surface area (Å²) in [6.07, 6.45) is 0.858. The van der Waals surface area contributed by atoms with Gasteiger partial charge in [0.15, 0.2) is 0 Å². The standard InChI is InChI=1S/C24H20Cl2N2O/c25-17-8-4-7-16(13-17)22-24(19(11-12-27-22)15-5-2-1-3-6-15)20-10-9-18(26)14-21(20)28-23(24)29/h1-10,13-14,19,22,27H,11-12H2,(H,28,29)/t19-,22+,24+/m1/s1. The van der Waals surface area contributed by atoms with Gasteiger partial charge in [-0.05, 0) is 53.9 Å². The zero-order valence-corrected chi connectivity index (χ0v) is 17.2. The lowest BCUT2D eigenvalue weighted by Crippen LogP contribution is -2.55. The van der Waals surface area contributed by atoms with E-state index in [0.717, 1.165) is 29.8 Å². The van der Waals surface area contributed by atoms with Crippen LogP contribution in [0.1, 0.15) is 35.1 Å². The summed E-state index contributed by atoms with van der Waals surface area (Å²) >= 11 is 12.6. The molecular weight excluding hydrogens is 403 g/mol. The van der Waals surface area contributed by atoms with Crippen LogP contribution in [0.15, 0.2) is 72.8 Å². The van der Waals surface area contributed by atoms with E-state index in [4.69, 9.17) is 23.2 Å². The lowest BCUT2D eigenvalue weighted by atomic mass is 9.59. The highest BCUT2D eigenvalue weighted by Gasteiger charge is 2.59. The maximum Gasteiger partial charge on any atom is 0.237 e. The minimum Gasteiger partial charge on any atom is -0.325 e. The summed E-state index contributed by atoms with van der Waals surface area (Å²) in [5.74, 6) is 0.0251. The van der Waals surface area contributed by atoms with Crippen LogP contribution in [0.5, 0.6) is 0 Å². The molecule has 3 aromatic carbocycles. The summed E-state index contributed by atoms with van der Waals surface area (Å²) in [7, 11) is 0. The van der Waals surface area contributed by atoms with Gasteiger partial charge in [-0.3, -0.25) is 4.79 Å². The van der Waals surface area contributed by atoms with Crippen LogP contribution in [0, 0.1) is 0 Å². The van der Waals surface area contributed by atoms with Gasteiger partial charge >= 0.3 is 0 Å². The lowest BCUT2D eigenvalue weighted by molar-refractivity contribution is -0.123. The van der Waals surface area contributed by atoms with Crippen molar-refractivity contribution in [3.05, 3.63) is 99.5 Å². The molecule has 0 saturated carbocycles. The molecule has 0 aromatic heterocycles. The molecule has 1 amide bonds. The molecule has 5 rings (SSSR count). The van der Waals surface area contributed by atoms with E-state index >= 15 is 0 Å². The molecule has 0 bridgehead atoms. The van der Waals surface area contributed by atoms with Gasteiger partial charge in [0.25, 0.3) is 0 Å². The summed E-state index contributed by atoms with van der Waals surface area (Å²) in [4.78, 5) is 13.7. The van der Waals surface area contributed by atoms with Crippen molar-refractivity contribution in [2.24, 2.45) is 0 Å². The summed E-state index contributed by atoms with van der Waals surface area (Å²) in [5.41, 5.74) is 3.16. The first-order valence-electron chi connectivity index (χ1n) is 9.76. The van der Waals surface area contributed by atoms with Crippen LogP contribution in [0.3, 0.4) is 0 Å². The van der Waals surface area contributed by atoms with Crippen molar-refractivity contribution < 1.29 is 4.79 Å². The van der Waals surface area contributed by atoms with Crippen molar-refractivity contribution >= 4 is 34.8 Å². The molecule has 3 atom stereocenters. The van der Waals surface area contributed by atoms with Crippen molar-refractivity contribution in [3.8, 4) is 0 Å².